The Morgan fingerprint density at radius 3 is 2.58 bits per heavy atom. The Bertz CT molecular complexity index is 442. The molecule has 0 saturated carbocycles. The Morgan fingerprint density at radius 1 is 1.37 bits per heavy atom. The molecule has 1 fully saturated rings. The fourth-order valence-corrected chi connectivity index (χ4v) is 2.63. The number of hydrazine groups is 1. The quantitative estimate of drug-likeness (QED) is 0.658. The molecule has 2 rings (SSSR count). The zero-order valence-corrected chi connectivity index (χ0v) is 10.6. The van der Waals surface area contributed by atoms with Gasteiger partial charge in [0, 0.05) is 6.61 Å². The molecule has 3 N–H and O–H groups in total. The van der Waals surface area contributed by atoms with Gasteiger partial charge in [0.2, 0.25) is 0 Å². The third-order valence-corrected chi connectivity index (χ3v) is 3.60. The van der Waals surface area contributed by atoms with Crippen molar-refractivity contribution in [2.75, 3.05) is 6.61 Å². The highest BCUT2D eigenvalue weighted by Gasteiger charge is 2.43. The molecule has 19 heavy (non-hydrogen) atoms. The molecule has 1 aromatic rings. The molecule has 1 heterocycles. The molecule has 0 aromatic heterocycles. The van der Waals surface area contributed by atoms with Crippen molar-refractivity contribution in [2.24, 2.45) is 5.84 Å². The van der Waals surface area contributed by atoms with Gasteiger partial charge >= 0.3 is 6.18 Å². The van der Waals surface area contributed by atoms with Gasteiger partial charge in [-0.15, -0.1) is 0 Å². The van der Waals surface area contributed by atoms with Crippen LogP contribution >= 0.6 is 0 Å². The van der Waals surface area contributed by atoms with E-state index >= 15 is 0 Å². The van der Waals surface area contributed by atoms with E-state index in [2.05, 4.69) is 5.43 Å². The highest BCUT2D eigenvalue weighted by atomic mass is 19.4. The fraction of sp³-hybridized carbons (Fsp3) is 0.538. The molecule has 0 aliphatic carbocycles. The zero-order chi connectivity index (χ0) is 14.1. The van der Waals surface area contributed by atoms with Crippen molar-refractivity contribution in [1.82, 2.24) is 5.43 Å². The van der Waals surface area contributed by atoms with Crippen LogP contribution in [0.4, 0.5) is 13.2 Å². The summed E-state index contributed by atoms with van der Waals surface area (Å²) in [7, 11) is 0. The SMILES string of the molecule is CC1(C(NN)c2ccccc2C(F)(F)F)CCCO1. The van der Waals surface area contributed by atoms with E-state index in [1.165, 1.54) is 12.1 Å². The molecule has 1 aliphatic heterocycles. The third kappa shape index (κ3) is 2.75. The minimum atomic E-state index is -4.40. The number of nitrogens with two attached hydrogens (primary N) is 1. The lowest BCUT2D eigenvalue weighted by Gasteiger charge is -2.34. The Morgan fingerprint density at radius 2 is 2.05 bits per heavy atom. The molecule has 0 spiro atoms. The van der Waals surface area contributed by atoms with Crippen LogP contribution in [0.5, 0.6) is 0 Å². The number of hydrogen-bond acceptors (Lipinski definition) is 3. The first-order chi connectivity index (χ1) is 8.88. The van der Waals surface area contributed by atoms with Gasteiger partial charge in [-0.05, 0) is 31.4 Å². The first kappa shape index (κ1) is 14.3. The molecule has 0 amide bonds. The number of rotatable bonds is 3. The second-order valence-electron chi connectivity index (χ2n) is 4.95. The monoisotopic (exact) mass is 274 g/mol. The van der Waals surface area contributed by atoms with Crippen molar-refractivity contribution in [2.45, 2.75) is 37.6 Å². The third-order valence-electron chi connectivity index (χ3n) is 3.60. The van der Waals surface area contributed by atoms with Crippen LogP contribution in [-0.4, -0.2) is 12.2 Å². The summed E-state index contributed by atoms with van der Waals surface area (Å²) in [5.74, 6) is 5.48. The minimum absolute atomic E-state index is 0.127. The number of ether oxygens (including phenoxy) is 1. The fourth-order valence-electron chi connectivity index (χ4n) is 2.63. The lowest BCUT2D eigenvalue weighted by molar-refractivity contribution is -0.139. The van der Waals surface area contributed by atoms with Crippen LogP contribution in [0.3, 0.4) is 0 Å². The van der Waals surface area contributed by atoms with Gasteiger partial charge in [0.05, 0.1) is 17.2 Å². The minimum Gasteiger partial charge on any atom is -0.373 e. The van der Waals surface area contributed by atoms with Crippen LogP contribution in [0.15, 0.2) is 24.3 Å². The molecule has 1 aromatic carbocycles. The van der Waals surface area contributed by atoms with Crippen molar-refractivity contribution >= 4 is 0 Å². The van der Waals surface area contributed by atoms with Gasteiger partial charge in [-0.2, -0.15) is 13.2 Å². The number of halogens is 3. The van der Waals surface area contributed by atoms with Gasteiger partial charge in [0.15, 0.2) is 0 Å². The molecule has 0 bridgehead atoms. The van der Waals surface area contributed by atoms with Crippen molar-refractivity contribution in [3.63, 3.8) is 0 Å². The second kappa shape index (κ2) is 5.11. The van der Waals surface area contributed by atoms with E-state index in [-0.39, 0.29) is 5.56 Å². The Hall–Kier alpha value is -1.11. The van der Waals surface area contributed by atoms with E-state index in [4.69, 9.17) is 10.6 Å². The number of benzene rings is 1. The number of hydrogen-bond donors (Lipinski definition) is 2. The van der Waals surface area contributed by atoms with E-state index < -0.39 is 23.4 Å². The summed E-state index contributed by atoms with van der Waals surface area (Å²) in [5, 5.41) is 0. The molecule has 6 heteroatoms. The summed E-state index contributed by atoms with van der Waals surface area (Å²) in [5.41, 5.74) is 1.23. The summed E-state index contributed by atoms with van der Waals surface area (Å²) in [6.45, 7) is 2.33. The summed E-state index contributed by atoms with van der Waals surface area (Å²) >= 11 is 0. The first-order valence-electron chi connectivity index (χ1n) is 6.15. The molecule has 106 valence electrons. The normalized spacial score (nSPS) is 25.5. The second-order valence-corrected chi connectivity index (χ2v) is 4.95. The van der Waals surface area contributed by atoms with Gasteiger partial charge in [0.1, 0.15) is 0 Å². The topological polar surface area (TPSA) is 47.3 Å². The van der Waals surface area contributed by atoms with Crippen LogP contribution in [-0.2, 0) is 10.9 Å². The molecular formula is C13H17F3N2O. The van der Waals surface area contributed by atoms with Crippen LogP contribution in [0.2, 0.25) is 0 Å². The van der Waals surface area contributed by atoms with Crippen molar-refractivity contribution < 1.29 is 17.9 Å². The summed E-state index contributed by atoms with van der Waals surface area (Å²) in [6.07, 6.45) is -2.91. The van der Waals surface area contributed by atoms with Crippen LogP contribution in [0, 0.1) is 0 Å². The van der Waals surface area contributed by atoms with Gasteiger partial charge in [-0.25, -0.2) is 0 Å². The predicted octanol–water partition coefficient (Wildman–Crippen LogP) is 2.78. The first-order valence-corrected chi connectivity index (χ1v) is 6.15. The molecular weight excluding hydrogens is 257 g/mol. The van der Waals surface area contributed by atoms with Gasteiger partial charge < -0.3 is 4.74 Å². The molecule has 2 atom stereocenters. The summed E-state index contributed by atoms with van der Waals surface area (Å²) < 4.78 is 44.7. The van der Waals surface area contributed by atoms with Crippen molar-refractivity contribution in [3.8, 4) is 0 Å². The largest absolute Gasteiger partial charge is 0.416 e. The Balaban J connectivity index is 2.44. The maximum Gasteiger partial charge on any atom is 0.416 e. The highest BCUT2D eigenvalue weighted by Crippen LogP contribution is 2.41. The lowest BCUT2D eigenvalue weighted by Crippen LogP contribution is -2.45. The highest BCUT2D eigenvalue weighted by molar-refractivity contribution is 5.34. The maximum atomic E-state index is 13.0. The molecule has 1 saturated heterocycles. The average Bonchev–Trinajstić information content (AvgIpc) is 2.77. The van der Waals surface area contributed by atoms with Crippen molar-refractivity contribution in [3.05, 3.63) is 35.4 Å². The summed E-state index contributed by atoms with van der Waals surface area (Å²) in [4.78, 5) is 0. The van der Waals surface area contributed by atoms with Gasteiger partial charge in [-0.1, -0.05) is 18.2 Å². The van der Waals surface area contributed by atoms with E-state index in [0.29, 0.717) is 13.0 Å². The average molecular weight is 274 g/mol. The smallest absolute Gasteiger partial charge is 0.373 e. The van der Waals surface area contributed by atoms with Crippen LogP contribution in [0.1, 0.15) is 36.9 Å². The van der Waals surface area contributed by atoms with Crippen molar-refractivity contribution in [1.29, 1.82) is 0 Å². The predicted molar refractivity (Wildman–Crippen MR) is 65.1 cm³/mol. The lowest BCUT2D eigenvalue weighted by atomic mass is 9.86. The molecule has 3 nitrogen and oxygen atoms in total. The van der Waals surface area contributed by atoms with Gasteiger partial charge in [0.25, 0.3) is 0 Å². The van der Waals surface area contributed by atoms with Gasteiger partial charge in [-0.3, -0.25) is 11.3 Å². The molecule has 2 unspecified atom stereocenters. The molecule has 1 aliphatic rings. The van der Waals surface area contributed by atoms with Crippen LogP contribution in [0.25, 0.3) is 0 Å². The van der Waals surface area contributed by atoms with Crippen LogP contribution < -0.4 is 11.3 Å². The van der Waals surface area contributed by atoms with E-state index in [1.54, 1.807) is 13.0 Å². The number of alkyl halides is 3. The van der Waals surface area contributed by atoms with E-state index in [0.717, 1.165) is 12.5 Å². The summed E-state index contributed by atoms with van der Waals surface area (Å²) in [6, 6.07) is 4.77. The Labute approximate surface area is 109 Å². The Kier molecular flexibility index (Phi) is 3.85. The number of nitrogens with one attached hydrogen (secondary N) is 1. The maximum absolute atomic E-state index is 13.0. The molecule has 0 radical (unpaired) electrons. The zero-order valence-electron chi connectivity index (χ0n) is 10.6. The standard InChI is InChI=1S/C13H17F3N2O/c1-12(7-4-8-19-12)11(18-17)9-5-2-3-6-10(9)13(14,15)16/h2-3,5-6,11,18H,4,7-8,17H2,1H3. The van der Waals surface area contributed by atoms with E-state index in [1.807, 2.05) is 0 Å². The van der Waals surface area contributed by atoms with E-state index in [9.17, 15) is 13.2 Å².